The van der Waals surface area contributed by atoms with Crippen molar-refractivity contribution < 1.29 is 5.11 Å². The minimum Gasteiger partial charge on any atom is -0.373 e. The molecule has 1 atom stereocenters. The predicted octanol–water partition coefficient (Wildman–Crippen LogP) is 3.89. The van der Waals surface area contributed by atoms with Crippen molar-refractivity contribution in [1.82, 2.24) is 4.98 Å². The lowest BCUT2D eigenvalue weighted by Crippen LogP contribution is -2.14. The first-order valence-corrected chi connectivity index (χ1v) is 7.53. The number of hydrogen-bond donors (Lipinski definition) is 2. The summed E-state index contributed by atoms with van der Waals surface area (Å²) in [5, 5.41) is 10.8. The van der Waals surface area contributed by atoms with E-state index in [0.717, 1.165) is 22.0 Å². The molecule has 106 valence electrons. The van der Waals surface area contributed by atoms with Gasteiger partial charge in [-0.1, -0.05) is 23.2 Å². The topological polar surface area (TPSA) is 59.1 Å². The van der Waals surface area contributed by atoms with Crippen LogP contribution in [0.5, 0.6) is 0 Å². The van der Waals surface area contributed by atoms with E-state index in [1.807, 2.05) is 18.2 Å². The Morgan fingerprint density at radius 3 is 2.40 bits per heavy atom. The summed E-state index contributed by atoms with van der Waals surface area (Å²) in [6.45, 7) is 0. The highest BCUT2D eigenvalue weighted by atomic mass is 79.9. The van der Waals surface area contributed by atoms with Gasteiger partial charge in [0, 0.05) is 20.7 Å². The molecule has 0 saturated carbocycles. The number of aryl methyl sites for hydroxylation is 2. The number of aliphatic hydroxyl groups excluding tert-OH is 1. The number of aromatic nitrogens is 1. The Balaban J connectivity index is 2.20. The summed E-state index contributed by atoms with van der Waals surface area (Å²) in [6, 6.07) is 7.35. The van der Waals surface area contributed by atoms with Gasteiger partial charge < -0.3 is 10.8 Å². The second-order valence-electron chi connectivity index (χ2n) is 4.42. The summed E-state index contributed by atoms with van der Waals surface area (Å²) in [7, 11) is 0. The smallest absolute Gasteiger partial charge is 0.145 e. The average molecular weight is 376 g/mol. The third-order valence-electron chi connectivity index (χ3n) is 2.85. The fourth-order valence-corrected chi connectivity index (χ4v) is 2.94. The minimum atomic E-state index is -1.08. The van der Waals surface area contributed by atoms with Gasteiger partial charge in [0.15, 0.2) is 0 Å². The van der Waals surface area contributed by atoms with Crippen LogP contribution in [0.3, 0.4) is 0 Å². The standard InChI is InChI=1S/C14H13BrCl2N2O/c15-10-5-9(13(14(18)20)19-7-10)2-1-8-3-11(16)6-12(17)4-8/h3-7,14,20H,1-2,18H2. The maximum absolute atomic E-state index is 9.54. The minimum absolute atomic E-state index is 0.487. The molecule has 0 aliphatic carbocycles. The summed E-state index contributed by atoms with van der Waals surface area (Å²) in [6.07, 6.45) is 1.96. The maximum Gasteiger partial charge on any atom is 0.145 e. The molecule has 2 aromatic rings. The molecular formula is C14H13BrCl2N2O. The third kappa shape index (κ3) is 4.17. The van der Waals surface area contributed by atoms with Crippen molar-refractivity contribution in [1.29, 1.82) is 0 Å². The first-order valence-electron chi connectivity index (χ1n) is 5.98. The van der Waals surface area contributed by atoms with Gasteiger partial charge in [0.25, 0.3) is 0 Å². The number of nitrogens with zero attached hydrogens (tertiary/aromatic N) is 1. The summed E-state index contributed by atoms with van der Waals surface area (Å²) in [5.74, 6) is 0. The molecule has 1 aromatic carbocycles. The van der Waals surface area contributed by atoms with Crippen LogP contribution < -0.4 is 5.73 Å². The fraction of sp³-hybridized carbons (Fsp3) is 0.214. The summed E-state index contributed by atoms with van der Waals surface area (Å²) >= 11 is 15.3. The van der Waals surface area contributed by atoms with E-state index in [1.165, 1.54) is 0 Å². The summed E-state index contributed by atoms with van der Waals surface area (Å²) < 4.78 is 0.848. The van der Waals surface area contributed by atoms with Crippen LogP contribution in [0.2, 0.25) is 10.0 Å². The zero-order valence-electron chi connectivity index (χ0n) is 10.5. The van der Waals surface area contributed by atoms with Crippen LogP contribution in [-0.2, 0) is 12.8 Å². The molecule has 0 radical (unpaired) electrons. The number of benzene rings is 1. The molecular weight excluding hydrogens is 363 g/mol. The number of hydrogen-bond acceptors (Lipinski definition) is 3. The second-order valence-corrected chi connectivity index (χ2v) is 6.21. The first-order chi connectivity index (χ1) is 9.45. The average Bonchev–Trinajstić information content (AvgIpc) is 2.35. The van der Waals surface area contributed by atoms with Gasteiger partial charge in [-0.25, -0.2) is 0 Å². The zero-order chi connectivity index (χ0) is 14.7. The van der Waals surface area contributed by atoms with Crippen LogP contribution in [0.4, 0.5) is 0 Å². The highest BCUT2D eigenvalue weighted by molar-refractivity contribution is 9.10. The Kier molecular flexibility index (Phi) is 5.41. The lowest BCUT2D eigenvalue weighted by atomic mass is 10.0. The van der Waals surface area contributed by atoms with Gasteiger partial charge in [0.2, 0.25) is 0 Å². The molecule has 0 saturated heterocycles. The molecule has 0 spiro atoms. The van der Waals surface area contributed by atoms with Crippen molar-refractivity contribution in [3.8, 4) is 0 Å². The predicted molar refractivity (Wildman–Crippen MR) is 85.0 cm³/mol. The zero-order valence-corrected chi connectivity index (χ0v) is 13.6. The van der Waals surface area contributed by atoms with Crippen LogP contribution in [0.25, 0.3) is 0 Å². The van der Waals surface area contributed by atoms with Gasteiger partial charge in [-0.15, -0.1) is 0 Å². The fourth-order valence-electron chi connectivity index (χ4n) is 1.99. The van der Waals surface area contributed by atoms with E-state index < -0.39 is 6.23 Å². The van der Waals surface area contributed by atoms with Crippen LogP contribution >= 0.6 is 39.1 Å². The Morgan fingerprint density at radius 2 is 1.80 bits per heavy atom. The maximum atomic E-state index is 9.54. The van der Waals surface area contributed by atoms with E-state index in [0.29, 0.717) is 22.2 Å². The van der Waals surface area contributed by atoms with Crippen molar-refractivity contribution in [2.45, 2.75) is 19.1 Å². The molecule has 0 fully saturated rings. The monoisotopic (exact) mass is 374 g/mol. The van der Waals surface area contributed by atoms with Gasteiger partial charge in [-0.05, 0) is 64.2 Å². The molecule has 1 heterocycles. The lowest BCUT2D eigenvalue weighted by Gasteiger charge is -2.11. The molecule has 6 heteroatoms. The highest BCUT2D eigenvalue weighted by Crippen LogP contribution is 2.22. The Hall–Kier alpha value is -0.650. The molecule has 1 unspecified atom stereocenters. The number of nitrogens with two attached hydrogens (primary N) is 1. The SMILES string of the molecule is NC(O)c1ncc(Br)cc1CCc1cc(Cl)cc(Cl)c1. The van der Waals surface area contributed by atoms with Crippen LogP contribution in [0.1, 0.15) is 23.0 Å². The van der Waals surface area contributed by atoms with Crippen molar-refractivity contribution in [3.63, 3.8) is 0 Å². The van der Waals surface area contributed by atoms with Crippen molar-refractivity contribution in [3.05, 3.63) is 61.8 Å². The van der Waals surface area contributed by atoms with E-state index in [1.54, 1.807) is 12.3 Å². The van der Waals surface area contributed by atoms with Crippen molar-refractivity contribution in [2.24, 2.45) is 5.73 Å². The number of halogens is 3. The molecule has 2 rings (SSSR count). The van der Waals surface area contributed by atoms with Gasteiger partial charge in [-0.3, -0.25) is 4.98 Å². The summed E-state index contributed by atoms with van der Waals surface area (Å²) in [4.78, 5) is 4.15. The normalized spacial score (nSPS) is 12.4. The highest BCUT2D eigenvalue weighted by Gasteiger charge is 2.11. The van der Waals surface area contributed by atoms with Crippen molar-refractivity contribution >= 4 is 39.1 Å². The van der Waals surface area contributed by atoms with Crippen LogP contribution in [0, 0.1) is 0 Å². The number of rotatable bonds is 4. The molecule has 0 aliphatic heterocycles. The molecule has 3 nitrogen and oxygen atoms in total. The van der Waals surface area contributed by atoms with E-state index >= 15 is 0 Å². The second kappa shape index (κ2) is 6.87. The van der Waals surface area contributed by atoms with Gasteiger partial charge in [0.05, 0.1) is 5.69 Å². The molecule has 1 aromatic heterocycles. The summed E-state index contributed by atoms with van der Waals surface area (Å²) in [5.41, 5.74) is 7.93. The molecule has 3 N–H and O–H groups in total. The molecule has 0 amide bonds. The van der Waals surface area contributed by atoms with Gasteiger partial charge in [-0.2, -0.15) is 0 Å². The molecule has 20 heavy (non-hydrogen) atoms. The molecule has 0 aliphatic rings. The number of aliphatic hydroxyl groups is 1. The van der Waals surface area contributed by atoms with Gasteiger partial charge in [0.1, 0.15) is 6.23 Å². The van der Waals surface area contributed by atoms with Gasteiger partial charge >= 0.3 is 0 Å². The third-order valence-corrected chi connectivity index (χ3v) is 3.72. The van der Waals surface area contributed by atoms with E-state index in [9.17, 15) is 5.11 Å². The largest absolute Gasteiger partial charge is 0.373 e. The van der Waals surface area contributed by atoms with E-state index in [4.69, 9.17) is 28.9 Å². The van der Waals surface area contributed by atoms with Crippen LogP contribution in [-0.4, -0.2) is 10.1 Å². The quantitative estimate of drug-likeness (QED) is 0.797. The van der Waals surface area contributed by atoms with E-state index in [2.05, 4.69) is 20.9 Å². The number of pyridine rings is 1. The first kappa shape index (κ1) is 15.7. The van der Waals surface area contributed by atoms with E-state index in [-0.39, 0.29) is 0 Å². The Bertz CT molecular complexity index is 600. The van der Waals surface area contributed by atoms with Crippen molar-refractivity contribution in [2.75, 3.05) is 0 Å². The lowest BCUT2D eigenvalue weighted by molar-refractivity contribution is 0.180. The Labute approximate surface area is 135 Å². The van der Waals surface area contributed by atoms with Crippen LogP contribution in [0.15, 0.2) is 34.9 Å². The Morgan fingerprint density at radius 1 is 1.15 bits per heavy atom. The molecule has 0 bridgehead atoms.